The summed E-state index contributed by atoms with van der Waals surface area (Å²) in [6.45, 7) is 10.6. The van der Waals surface area contributed by atoms with Crippen LogP contribution in [0.1, 0.15) is 39.0 Å². The van der Waals surface area contributed by atoms with Gasteiger partial charge in [0, 0.05) is 18.6 Å². The second-order valence-electron chi connectivity index (χ2n) is 8.46. The molecule has 0 bridgehead atoms. The number of hydrogen-bond acceptors (Lipinski definition) is 4. The van der Waals surface area contributed by atoms with Crippen molar-refractivity contribution in [1.82, 2.24) is 9.55 Å². The van der Waals surface area contributed by atoms with Crippen molar-refractivity contribution in [1.29, 1.82) is 0 Å². The molecule has 0 atom stereocenters. The Kier molecular flexibility index (Phi) is 6.44. The van der Waals surface area contributed by atoms with Crippen LogP contribution in [0.2, 0.25) is 23.2 Å². The first-order chi connectivity index (χ1) is 13.5. The van der Waals surface area contributed by atoms with E-state index in [1.54, 1.807) is 0 Å². The van der Waals surface area contributed by atoms with Crippen LogP contribution in [0, 0.1) is 5.82 Å². The van der Waals surface area contributed by atoms with Crippen LogP contribution in [0.3, 0.4) is 0 Å². The number of aromatic amines is 1. The van der Waals surface area contributed by atoms with Gasteiger partial charge in [0.05, 0.1) is 22.6 Å². The standard InChI is InChI=1S/C19H23ClF3N3O3Si/c1-18(2,3)30(5,6)29-24-10-11-7-14(13(21)8-12(11)20)26-16(27)9-15(19(4,22)23)25-17(26)28/h7-10H,1-6H3,(H,25,28)/b24-10+. The zero-order chi connectivity index (χ0) is 23.1. The minimum absolute atomic E-state index is 0.0278. The van der Waals surface area contributed by atoms with E-state index in [1.807, 2.05) is 38.8 Å². The lowest BCUT2D eigenvalue weighted by molar-refractivity contribution is 0.0121. The largest absolute Gasteiger partial charge is 0.455 e. The number of aromatic nitrogens is 2. The quantitative estimate of drug-likeness (QED) is 0.395. The SMILES string of the molecule is CC(F)(F)c1cc(=O)n(-c2cc(/C=N/O[Si](C)(C)C(C)(C)C)c(Cl)cc2F)c(=O)[nH]1. The van der Waals surface area contributed by atoms with Gasteiger partial charge in [-0.15, -0.1) is 5.16 Å². The molecule has 2 aromatic rings. The number of halogens is 4. The van der Waals surface area contributed by atoms with Gasteiger partial charge in [0.1, 0.15) is 5.82 Å². The Morgan fingerprint density at radius 1 is 1.17 bits per heavy atom. The van der Waals surface area contributed by atoms with Crippen LogP contribution in [-0.2, 0) is 10.4 Å². The number of rotatable bonds is 5. The fourth-order valence-corrected chi connectivity index (χ4v) is 2.92. The molecule has 0 fully saturated rings. The fraction of sp³-hybridized carbons (Fsp3) is 0.421. The van der Waals surface area contributed by atoms with Crippen LogP contribution in [0.5, 0.6) is 0 Å². The molecule has 30 heavy (non-hydrogen) atoms. The van der Waals surface area contributed by atoms with Crippen LogP contribution in [0.15, 0.2) is 32.9 Å². The number of alkyl halides is 2. The molecule has 1 aromatic carbocycles. The summed E-state index contributed by atoms with van der Waals surface area (Å²) in [5.41, 5.74) is -3.46. The van der Waals surface area contributed by atoms with Crippen LogP contribution < -0.4 is 11.2 Å². The lowest BCUT2D eigenvalue weighted by Crippen LogP contribution is -2.39. The maximum absolute atomic E-state index is 14.5. The molecule has 0 aliphatic rings. The third kappa shape index (κ3) is 5.04. The minimum Gasteiger partial charge on any atom is -0.455 e. The molecular weight excluding hydrogens is 439 g/mol. The van der Waals surface area contributed by atoms with E-state index < -0.39 is 42.7 Å². The van der Waals surface area contributed by atoms with Crippen molar-refractivity contribution in [3.8, 4) is 5.69 Å². The predicted octanol–water partition coefficient (Wildman–Crippen LogP) is 4.79. The second kappa shape index (κ2) is 8.07. The third-order valence-electron chi connectivity index (χ3n) is 4.99. The van der Waals surface area contributed by atoms with Crippen molar-refractivity contribution in [3.63, 3.8) is 0 Å². The van der Waals surface area contributed by atoms with Gasteiger partial charge in [-0.2, -0.15) is 0 Å². The molecule has 0 aliphatic carbocycles. The van der Waals surface area contributed by atoms with Crippen molar-refractivity contribution in [2.75, 3.05) is 0 Å². The average molecular weight is 462 g/mol. The van der Waals surface area contributed by atoms with Crippen molar-refractivity contribution >= 4 is 26.1 Å². The fourth-order valence-electron chi connectivity index (χ4n) is 2.14. The molecule has 0 saturated heterocycles. The topological polar surface area (TPSA) is 76.5 Å². The first-order valence-electron chi connectivity index (χ1n) is 9.00. The smallest absolute Gasteiger partial charge is 0.333 e. The highest BCUT2D eigenvalue weighted by Gasteiger charge is 2.39. The normalized spacial score (nSPS) is 13.1. The van der Waals surface area contributed by atoms with Gasteiger partial charge in [0.2, 0.25) is 0 Å². The summed E-state index contributed by atoms with van der Waals surface area (Å²) in [4.78, 5) is 26.4. The van der Waals surface area contributed by atoms with Crippen LogP contribution >= 0.6 is 11.6 Å². The average Bonchev–Trinajstić information content (AvgIpc) is 2.55. The van der Waals surface area contributed by atoms with E-state index >= 15 is 0 Å². The third-order valence-corrected chi connectivity index (χ3v) is 9.49. The van der Waals surface area contributed by atoms with E-state index in [1.165, 1.54) is 6.21 Å². The zero-order valence-corrected chi connectivity index (χ0v) is 19.2. The molecular formula is C19H23ClF3N3O3Si. The summed E-state index contributed by atoms with van der Waals surface area (Å²) in [6, 6.07) is 2.57. The molecule has 0 unspecified atom stereocenters. The Hall–Kier alpha value is -2.33. The van der Waals surface area contributed by atoms with E-state index in [2.05, 4.69) is 5.16 Å². The van der Waals surface area contributed by atoms with Gasteiger partial charge in [0.15, 0.2) is 0 Å². The van der Waals surface area contributed by atoms with Gasteiger partial charge >= 0.3 is 5.69 Å². The highest BCUT2D eigenvalue weighted by molar-refractivity contribution is 6.74. The molecule has 0 amide bonds. The number of nitrogens with zero attached hydrogens (tertiary/aromatic N) is 2. The Morgan fingerprint density at radius 2 is 1.77 bits per heavy atom. The van der Waals surface area contributed by atoms with E-state index in [4.69, 9.17) is 16.1 Å². The zero-order valence-electron chi connectivity index (χ0n) is 17.4. The summed E-state index contributed by atoms with van der Waals surface area (Å²) < 4.78 is 47.4. The second-order valence-corrected chi connectivity index (χ2v) is 13.6. The number of hydrogen-bond donors (Lipinski definition) is 1. The van der Waals surface area contributed by atoms with Crippen molar-refractivity contribution in [2.24, 2.45) is 5.16 Å². The molecule has 0 saturated carbocycles. The van der Waals surface area contributed by atoms with E-state index in [0.717, 1.165) is 12.1 Å². The van der Waals surface area contributed by atoms with Gasteiger partial charge in [-0.1, -0.05) is 32.4 Å². The Bertz CT molecular complexity index is 1070. The summed E-state index contributed by atoms with van der Waals surface area (Å²) in [6.07, 6.45) is 1.25. The maximum atomic E-state index is 14.5. The summed E-state index contributed by atoms with van der Waals surface area (Å²) in [5.74, 6) is -4.42. The summed E-state index contributed by atoms with van der Waals surface area (Å²) >= 11 is 6.05. The Morgan fingerprint density at radius 3 is 2.27 bits per heavy atom. The number of benzene rings is 1. The van der Waals surface area contributed by atoms with Gasteiger partial charge in [-0.25, -0.2) is 22.5 Å². The monoisotopic (exact) mass is 461 g/mol. The van der Waals surface area contributed by atoms with Crippen LogP contribution in [0.25, 0.3) is 5.69 Å². The molecule has 0 aliphatic heterocycles. The molecule has 0 spiro atoms. The molecule has 164 valence electrons. The maximum Gasteiger partial charge on any atom is 0.333 e. The molecule has 11 heteroatoms. The molecule has 1 N–H and O–H groups in total. The highest BCUT2D eigenvalue weighted by Crippen LogP contribution is 2.36. The Balaban J connectivity index is 2.52. The van der Waals surface area contributed by atoms with Gasteiger partial charge in [-0.3, -0.25) is 4.79 Å². The molecule has 1 heterocycles. The summed E-state index contributed by atoms with van der Waals surface area (Å²) in [7, 11) is -2.20. The van der Waals surface area contributed by atoms with Crippen molar-refractivity contribution < 1.29 is 17.7 Å². The number of H-pyrrole nitrogens is 1. The highest BCUT2D eigenvalue weighted by atomic mass is 35.5. The molecule has 2 rings (SSSR count). The predicted molar refractivity (Wildman–Crippen MR) is 113 cm³/mol. The first-order valence-corrected chi connectivity index (χ1v) is 12.3. The van der Waals surface area contributed by atoms with Crippen LogP contribution in [0.4, 0.5) is 13.2 Å². The first kappa shape index (κ1) is 23.9. The van der Waals surface area contributed by atoms with Gasteiger partial charge < -0.3 is 9.51 Å². The summed E-state index contributed by atoms with van der Waals surface area (Å²) in [5, 5.41) is 3.82. The molecule has 0 radical (unpaired) electrons. The molecule has 1 aromatic heterocycles. The lowest BCUT2D eigenvalue weighted by atomic mass is 10.2. The van der Waals surface area contributed by atoms with Crippen LogP contribution in [-0.4, -0.2) is 24.1 Å². The van der Waals surface area contributed by atoms with E-state index in [9.17, 15) is 22.8 Å². The van der Waals surface area contributed by atoms with Crippen molar-refractivity contribution in [2.45, 2.75) is 51.7 Å². The van der Waals surface area contributed by atoms with Crippen molar-refractivity contribution in [3.05, 3.63) is 61.1 Å². The number of nitrogens with one attached hydrogen (secondary N) is 1. The van der Waals surface area contributed by atoms with Gasteiger partial charge in [-0.05, 0) is 30.3 Å². The van der Waals surface area contributed by atoms with Gasteiger partial charge in [0.25, 0.3) is 19.8 Å². The van der Waals surface area contributed by atoms with E-state index in [0.29, 0.717) is 17.6 Å². The molecule has 6 nitrogen and oxygen atoms in total. The van der Waals surface area contributed by atoms with E-state index in [-0.39, 0.29) is 15.6 Å². The Labute approximate surface area is 177 Å². The number of oxime groups is 1. The lowest BCUT2D eigenvalue weighted by Gasteiger charge is -2.33. The minimum atomic E-state index is -3.44.